The van der Waals surface area contributed by atoms with Crippen LogP contribution in [0.1, 0.15) is 45.7 Å². The van der Waals surface area contributed by atoms with Gasteiger partial charge in [0, 0.05) is 1.43 Å². The highest BCUT2D eigenvalue weighted by Gasteiger charge is 2.28. The van der Waals surface area contributed by atoms with Crippen LogP contribution < -0.4 is 10.1 Å². The molecule has 1 aromatic carbocycles. The summed E-state index contributed by atoms with van der Waals surface area (Å²) >= 11 is 0. The summed E-state index contributed by atoms with van der Waals surface area (Å²) in [5, 5.41) is 13.2. The maximum absolute atomic E-state index is 10.1. The van der Waals surface area contributed by atoms with Crippen molar-refractivity contribution < 1.29 is 11.3 Å². The van der Waals surface area contributed by atoms with E-state index in [1.54, 1.807) is 14.0 Å². The van der Waals surface area contributed by atoms with Crippen LogP contribution in [0.25, 0.3) is 0 Å². The normalized spacial score (nSPS) is 23.2. The van der Waals surface area contributed by atoms with Crippen molar-refractivity contribution >= 4 is 5.69 Å². The molecule has 0 spiro atoms. The van der Waals surface area contributed by atoms with E-state index in [-0.39, 0.29) is 1.43 Å². The molecular formula is C14H23NO2. The second-order valence-electron chi connectivity index (χ2n) is 5.31. The fraction of sp³-hybridized carbons (Fsp3) is 0.571. The molecule has 0 saturated heterocycles. The van der Waals surface area contributed by atoms with Crippen LogP contribution in [0.3, 0.4) is 0 Å². The maximum atomic E-state index is 10.1. The van der Waals surface area contributed by atoms with Gasteiger partial charge >= 0.3 is 0 Å². The number of nitrogens with one attached hydrogen (secondary N) is 1. The van der Waals surface area contributed by atoms with Crippen molar-refractivity contribution in [2.24, 2.45) is 0 Å². The van der Waals surface area contributed by atoms with Gasteiger partial charge in [-0.05, 0) is 42.9 Å². The number of hydrogen-bond donors (Lipinski definition) is 2. The molecule has 0 saturated carbocycles. The smallest absolute Gasteiger partial charge is 0.142 e. The Labute approximate surface area is 104 Å². The van der Waals surface area contributed by atoms with Crippen LogP contribution in [0, 0.1) is 0 Å². The second kappa shape index (κ2) is 4.22. The minimum Gasteiger partial charge on any atom is -0.495 e. The van der Waals surface area contributed by atoms with Gasteiger partial charge in [0.05, 0.1) is 12.8 Å². The Morgan fingerprint density at radius 2 is 2.18 bits per heavy atom. The Morgan fingerprint density at radius 1 is 1.47 bits per heavy atom. The van der Waals surface area contributed by atoms with E-state index in [9.17, 15) is 5.11 Å². The number of hydrogen-bond acceptors (Lipinski definition) is 3. The molecule has 2 N–H and O–H groups in total. The lowest BCUT2D eigenvalue weighted by Gasteiger charge is -2.33. The van der Waals surface area contributed by atoms with Crippen LogP contribution >= 0.6 is 0 Å². The van der Waals surface area contributed by atoms with Crippen molar-refractivity contribution in [2.75, 3.05) is 12.4 Å². The third-order valence-corrected chi connectivity index (χ3v) is 3.37. The first-order valence-corrected chi connectivity index (χ1v) is 6.14. The first kappa shape index (κ1) is 12.2. The number of methoxy groups -OCH3 is 1. The molecule has 3 nitrogen and oxygen atoms in total. The quantitative estimate of drug-likeness (QED) is 0.830. The number of fused-ring (bicyclic) bond motifs is 1. The van der Waals surface area contributed by atoms with Crippen LogP contribution in [-0.2, 0) is 6.42 Å². The van der Waals surface area contributed by atoms with Crippen LogP contribution in [0.5, 0.6) is 5.75 Å². The number of anilines is 1. The van der Waals surface area contributed by atoms with E-state index in [0.717, 1.165) is 24.3 Å². The van der Waals surface area contributed by atoms with E-state index in [0.29, 0.717) is 5.92 Å². The zero-order chi connectivity index (χ0) is 12.6. The minimum absolute atomic E-state index is 0. The molecule has 0 amide bonds. The lowest BCUT2D eigenvalue weighted by Crippen LogP contribution is -2.38. The largest absolute Gasteiger partial charge is 0.495 e. The summed E-state index contributed by atoms with van der Waals surface area (Å²) in [5.74, 6) is 1.31. The third kappa shape index (κ3) is 2.39. The SMILES string of the molecule is COc1cc(C(C)C)cc2c1NC(C)(O)CC2.[HH]. The van der Waals surface area contributed by atoms with E-state index in [4.69, 9.17) is 4.74 Å². The fourth-order valence-electron chi connectivity index (χ4n) is 2.24. The lowest BCUT2D eigenvalue weighted by atomic mass is 9.91. The molecule has 1 atom stereocenters. The van der Waals surface area contributed by atoms with Gasteiger partial charge < -0.3 is 15.2 Å². The molecule has 1 aliphatic rings. The van der Waals surface area contributed by atoms with Gasteiger partial charge in [0.2, 0.25) is 0 Å². The Balaban J connectivity index is 0.00000162. The summed E-state index contributed by atoms with van der Waals surface area (Å²) < 4.78 is 5.42. The van der Waals surface area contributed by atoms with Crippen molar-refractivity contribution in [3.63, 3.8) is 0 Å². The zero-order valence-corrected chi connectivity index (χ0v) is 11.0. The summed E-state index contributed by atoms with van der Waals surface area (Å²) in [7, 11) is 1.67. The Hall–Kier alpha value is -1.22. The van der Waals surface area contributed by atoms with Crippen molar-refractivity contribution in [2.45, 2.75) is 45.3 Å². The molecule has 17 heavy (non-hydrogen) atoms. The van der Waals surface area contributed by atoms with E-state index >= 15 is 0 Å². The average Bonchev–Trinajstić information content (AvgIpc) is 2.26. The van der Waals surface area contributed by atoms with Gasteiger partial charge in [-0.25, -0.2) is 0 Å². The summed E-state index contributed by atoms with van der Waals surface area (Å²) in [5.41, 5.74) is 2.62. The van der Waals surface area contributed by atoms with E-state index < -0.39 is 5.72 Å². The summed E-state index contributed by atoms with van der Waals surface area (Å²) in [4.78, 5) is 0. The molecule has 96 valence electrons. The number of ether oxygens (including phenoxy) is 1. The molecule has 1 unspecified atom stereocenters. The Kier molecular flexibility index (Phi) is 3.04. The van der Waals surface area contributed by atoms with Gasteiger partial charge in [0.1, 0.15) is 11.5 Å². The summed E-state index contributed by atoms with van der Waals surface area (Å²) in [6, 6.07) is 4.27. The molecule has 2 rings (SSSR count). The molecule has 1 heterocycles. The number of rotatable bonds is 2. The third-order valence-electron chi connectivity index (χ3n) is 3.37. The molecule has 1 aromatic rings. The molecular weight excluding hydrogens is 214 g/mol. The first-order valence-electron chi connectivity index (χ1n) is 6.14. The van der Waals surface area contributed by atoms with Crippen molar-refractivity contribution in [1.29, 1.82) is 0 Å². The number of aliphatic hydroxyl groups is 1. The van der Waals surface area contributed by atoms with Gasteiger partial charge in [0.25, 0.3) is 0 Å². The first-order chi connectivity index (χ1) is 7.93. The highest BCUT2D eigenvalue weighted by atomic mass is 16.5. The Morgan fingerprint density at radius 3 is 2.76 bits per heavy atom. The fourth-order valence-corrected chi connectivity index (χ4v) is 2.24. The van der Waals surface area contributed by atoms with Gasteiger partial charge in [-0.2, -0.15) is 0 Å². The molecule has 0 bridgehead atoms. The van der Waals surface area contributed by atoms with Crippen LogP contribution in [-0.4, -0.2) is 17.9 Å². The van der Waals surface area contributed by atoms with Gasteiger partial charge in [-0.3, -0.25) is 0 Å². The van der Waals surface area contributed by atoms with E-state index in [2.05, 4.69) is 31.3 Å². The zero-order valence-electron chi connectivity index (χ0n) is 11.0. The van der Waals surface area contributed by atoms with Crippen molar-refractivity contribution in [3.8, 4) is 5.75 Å². The predicted molar refractivity (Wildman–Crippen MR) is 71.8 cm³/mol. The molecule has 1 aliphatic heterocycles. The average molecular weight is 237 g/mol. The topological polar surface area (TPSA) is 41.5 Å². The Bertz CT molecular complexity index is 413. The minimum atomic E-state index is -0.834. The summed E-state index contributed by atoms with van der Waals surface area (Å²) in [6.45, 7) is 6.15. The van der Waals surface area contributed by atoms with Crippen molar-refractivity contribution in [1.82, 2.24) is 0 Å². The maximum Gasteiger partial charge on any atom is 0.142 e. The number of aryl methyl sites for hydroxylation is 1. The second-order valence-corrected chi connectivity index (χ2v) is 5.31. The molecule has 0 radical (unpaired) electrons. The molecule has 0 aromatic heterocycles. The van der Waals surface area contributed by atoms with E-state index in [1.165, 1.54) is 11.1 Å². The van der Waals surface area contributed by atoms with Crippen LogP contribution in [0.15, 0.2) is 12.1 Å². The van der Waals surface area contributed by atoms with Gasteiger partial charge in [-0.1, -0.05) is 19.9 Å². The predicted octanol–water partition coefficient (Wildman–Crippen LogP) is 3.13. The van der Waals surface area contributed by atoms with Gasteiger partial charge in [-0.15, -0.1) is 0 Å². The highest BCUT2D eigenvalue weighted by molar-refractivity contribution is 5.66. The summed E-state index contributed by atoms with van der Waals surface area (Å²) in [6.07, 6.45) is 1.61. The highest BCUT2D eigenvalue weighted by Crippen LogP contribution is 2.39. The molecule has 0 fully saturated rings. The van der Waals surface area contributed by atoms with Crippen molar-refractivity contribution in [3.05, 3.63) is 23.3 Å². The molecule has 0 aliphatic carbocycles. The van der Waals surface area contributed by atoms with Crippen LogP contribution in [0.2, 0.25) is 0 Å². The lowest BCUT2D eigenvalue weighted by molar-refractivity contribution is 0.0767. The monoisotopic (exact) mass is 237 g/mol. The van der Waals surface area contributed by atoms with Gasteiger partial charge in [0.15, 0.2) is 0 Å². The number of benzene rings is 1. The van der Waals surface area contributed by atoms with Crippen LogP contribution in [0.4, 0.5) is 5.69 Å². The standard InChI is InChI=1S/C14H21NO2.H2/c1-9(2)11-7-10-5-6-14(3,16)15-13(10)12(8-11)17-4;/h7-9,15-16H,5-6H2,1-4H3;1H. The molecule has 3 heteroatoms. The van der Waals surface area contributed by atoms with E-state index in [1.807, 2.05) is 0 Å².